The third-order valence-electron chi connectivity index (χ3n) is 2.30. The molecule has 0 atom stereocenters. The highest BCUT2D eigenvalue weighted by atomic mass is 16.5. The van der Waals surface area contributed by atoms with Gasteiger partial charge in [0.1, 0.15) is 6.61 Å². The van der Waals surface area contributed by atoms with Crippen molar-refractivity contribution in [1.29, 1.82) is 0 Å². The average molecular weight is 237 g/mol. The van der Waals surface area contributed by atoms with Crippen molar-refractivity contribution in [2.24, 2.45) is 5.73 Å². The van der Waals surface area contributed by atoms with Crippen LogP contribution in [0.3, 0.4) is 0 Å². The second kappa shape index (κ2) is 6.81. The molecule has 0 aromatic heterocycles. The van der Waals surface area contributed by atoms with Crippen LogP contribution in [0.1, 0.15) is 5.56 Å². The predicted molar refractivity (Wildman–Crippen MR) is 68.0 cm³/mol. The molecule has 0 radical (unpaired) electrons. The van der Waals surface area contributed by atoms with Crippen LogP contribution >= 0.6 is 0 Å². The van der Waals surface area contributed by atoms with Gasteiger partial charge in [0.25, 0.3) is 0 Å². The molecule has 0 unspecified atom stereocenters. The minimum Gasteiger partial charge on any atom is -0.493 e. The minimum atomic E-state index is 0.406. The van der Waals surface area contributed by atoms with Gasteiger partial charge in [0.2, 0.25) is 5.75 Å². The Kier molecular flexibility index (Phi) is 5.36. The molecule has 0 saturated carbocycles. The van der Waals surface area contributed by atoms with Crippen LogP contribution in [0.25, 0.3) is 0 Å². The van der Waals surface area contributed by atoms with Crippen molar-refractivity contribution >= 4 is 0 Å². The summed E-state index contributed by atoms with van der Waals surface area (Å²) >= 11 is 0. The normalized spacial score (nSPS) is 9.82. The molecule has 1 aromatic rings. The molecule has 0 saturated heterocycles. The third kappa shape index (κ3) is 3.39. The second-order valence-electron chi connectivity index (χ2n) is 3.47. The molecular weight excluding hydrogens is 218 g/mol. The first kappa shape index (κ1) is 13.4. The summed E-state index contributed by atoms with van der Waals surface area (Å²) < 4.78 is 16.1. The van der Waals surface area contributed by atoms with Crippen molar-refractivity contribution in [3.05, 3.63) is 30.4 Å². The lowest BCUT2D eigenvalue weighted by Crippen LogP contribution is -2.05. The molecule has 1 rings (SSSR count). The van der Waals surface area contributed by atoms with Crippen LogP contribution in [0.2, 0.25) is 0 Å². The first-order chi connectivity index (χ1) is 8.26. The fourth-order valence-corrected chi connectivity index (χ4v) is 1.53. The molecule has 0 aliphatic rings. The van der Waals surface area contributed by atoms with Crippen molar-refractivity contribution in [1.82, 2.24) is 0 Å². The van der Waals surface area contributed by atoms with Gasteiger partial charge in [-0.05, 0) is 30.7 Å². The van der Waals surface area contributed by atoms with E-state index in [-0.39, 0.29) is 0 Å². The van der Waals surface area contributed by atoms with Gasteiger partial charge in [-0.25, -0.2) is 0 Å². The number of ether oxygens (including phenoxy) is 3. The van der Waals surface area contributed by atoms with E-state index in [2.05, 4.69) is 6.58 Å². The maximum Gasteiger partial charge on any atom is 0.203 e. The van der Waals surface area contributed by atoms with Crippen LogP contribution in [0.5, 0.6) is 17.2 Å². The molecule has 0 aliphatic heterocycles. The van der Waals surface area contributed by atoms with Gasteiger partial charge in [-0.1, -0.05) is 12.7 Å². The smallest absolute Gasteiger partial charge is 0.203 e. The number of hydrogen-bond donors (Lipinski definition) is 1. The van der Waals surface area contributed by atoms with E-state index in [1.807, 2.05) is 12.1 Å². The fraction of sp³-hybridized carbons (Fsp3) is 0.385. The number of nitrogens with two attached hydrogens (primary N) is 1. The fourth-order valence-electron chi connectivity index (χ4n) is 1.53. The molecule has 0 fully saturated rings. The number of methoxy groups -OCH3 is 2. The Morgan fingerprint density at radius 3 is 2.24 bits per heavy atom. The molecular formula is C13H19NO3. The lowest BCUT2D eigenvalue weighted by Gasteiger charge is -2.15. The topological polar surface area (TPSA) is 53.7 Å². The van der Waals surface area contributed by atoms with E-state index in [1.54, 1.807) is 20.3 Å². The molecule has 4 heteroatoms. The minimum absolute atomic E-state index is 0.406. The Balaban J connectivity index is 3.11. The van der Waals surface area contributed by atoms with Crippen molar-refractivity contribution in [3.63, 3.8) is 0 Å². The predicted octanol–water partition coefficient (Wildman–Crippen LogP) is 1.77. The van der Waals surface area contributed by atoms with Gasteiger partial charge in [0.15, 0.2) is 11.5 Å². The summed E-state index contributed by atoms with van der Waals surface area (Å²) in [6.07, 6.45) is 2.45. The Labute approximate surface area is 102 Å². The highest BCUT2D eigenvalue weighted by molar-refractivity contribution is 5.54. The molecule has 0 bridgehead atoms. The Hall–Kier alpha value is -1.68. The van der Waals surface area contributed by atoms with Gasteiger partial charge in [-0.2, -0.15) is 0 Å². The van der Waals surface area contributed by atoms with Crippen LogP contribution < -0.4 is 19.9 Å². The molecule has 0 spiro atoms. The molecule has 0 heterocycles. The first-order valence-electron chi connectivity index (χ1n) is 5.45. The number of rotatable bonds is 7. The second-order valence-corrected chi connectivity index (χ2v) is 3.47. The monoisotopic (exact) mass is 237 g/mol. The number of hydrogen-bond acceptors (Lipinski definition) is 4. The summed E-state index contributed by atoms with van der Waals surface area (Å²) in [5, 5.41) is 0. The highest BCUT2D eigenvalue weighted by Gasteiger charge is 2.13. The van der Waals surface area contributed by atoms with Crippen LogP contribution in [0, 0.1) is 0 Å². The van der Waals surface area contributed by atoms with Crippen LogP contribution in [0.4, 0.5) is 0 Å². The van der Waals surface area contributed by atoms with Gasteiger partial charge in [-0.3, -0.25) is 0 Å². The summed E-state index contributed by atoms with van der Waals surface area (Å²) in [7, 11) is 3.20. The Morgan fingerprint density at radius 2 is 1.82 bits per heavy atom. The van der Waals surface area contributed by atoms with Crippen molar-refractivity contribution < 1.29 is 14.2 Å². The zero-order valence-electron chi connectivity index (χ0n) is 10.4. The SMILES string of the molecule is C=CCOc1c(OC)cc(CCN)cc1OC. The lowest BCUT2D eigenvalue weighted by atomic mass is 10.1. The molecule has 2 N–H and O–H groups in total. The van der Waals surface area contributed by atoms with Crippen LogP contribution in [-0.2, 0) is 6.42 Å². The molecule has 0 aliphatic carbocycles. The largest absolute Gasteiger partial charge is 0.493 e. The van der Waals surface area contributed by atoms with Gasteiger partial charge >= 0.3 is 0 Å². The standard InChI is InChI=1S/C13H19NO3/c1-4-7-17-13-11(15-2)8-10(5-6-14)9-12(13)16-3/h4,8-9H,1,5-7,14H2,2-3H3. The summed E-state index contributed by atoms with van der Waals surface area (Å²) in [6.45, 7) is 4.60. The van der Waals surface area contributed by atoms with Gasteiger partial charge in [0.05, 0.1) is 14.2 Å². The van der Waals surface area contributed by atoms with Crippen LogP contribution in [-0.4, -0.2) is 27.4 Å². The quantitative estimate of drug-likeness (QED) is 0.734. The van der Waals surface area contributed by atoms with E-state index in [1.165, 1.54) is 0 Å². The molecule has 0 amide bonds. The van der Waals surface area contributed by atoms with Gasteiger partial charge in [-0.15, -0.1) is 0 Å². The maximum atomic E-state index is 5.54. The van der Waals surface area contributed by atoms with Crippen molar-refractivity contribution in [2.75, 3.05) is 27.4 Å². The highest BCUT2D eigenvalue weighted by Crippen LogP contribution is 2.38. The van der Waals surface area contributed by atoms with Gasteiger partial charge < -0.3 is 19.9 Å². The molecule has 94 valence electrons. The van der Waals surface area contributed by atoms with Crippen molar-refractivity contribution in [3.8, 4) is 17.2 Å². The first-order valence-corrected chi connectivity index (χ1v) is 5.45. The van der Waals surface area contributed by atoms with E-state index in [4.69, 9.17) is 19.9 Å². The Bertz CT molecular complexity index is 352. The van der Waals surface area contributed by atoms with E-state index >= 15 is 0 Å². The van der Waals surface area contributed by atoms with E-state index in [9.17, 15) is 0 Å². The van der Waals surface area contributed by atoms with E-state index in [0.29, 0.717) is 30.4 Å². The average Bonchev–Trinajstić information content (AvgIpc) is 2.36. The zero-order chi connectivity index (χ0) is 12.7. The number of benzene rings is 1. The molecule has 4 nitrogen and oxygen atoms in total. The lowest BCUT2D eigenvalue weighted by molar-refractivity contribution is 0.300. The summed E-state index contributed by atoms with van der Waals surface area (Å²) in [4.78, 5) is 0. The van der Waals surface area contributed by atoms with Crippen molar-refractivity contribution in [2.45, 2.75) is 6.42 Å². The maximum absolute atomic E-state index is 5.54. The van der Waals surface area contributed by atoms with Crippen LogP contribution in [0.15, 0.2) is 24.8 Å². The summed E-state index contributed by atoms with van der Waals surface area (Å²) in [5.41, 5.74) is 6.60. The Morgan fingerprint density at radius 1 is 1.24 bits per heavy atom. The summed E-state index contributed by atoms with van der Waals surface area (Å²) in [5.74, 6) is 1.89. The molecule has 1 aromatic carbocycles. The van der Waals surface area contributed by atoms with E-state index < -0.39 is 0 Å². The third-order valence-corrected chi connectivity index (χ3v) is 2.30. The zero-order valence-corrected chi connectivity index (χ0v) is 10.4. The summed E-state index contributed by atoms with van der Waals surface area (Å²) in [6, 6.07) is 3.82. The molecule has 17 heavy (non-hydrogen) atoms. The van der Waals surface area contributed by atoms with E-state index in [0.717, 1.165) is 12.0 Å². The van der Waals surface area contributed by atoms with Gasteiger partial charge in [0, 0.05) is 0 Å².